The van der Waals surface area contributed by atoms with Crippen LogP contribution < -0.4 is 5.32 Å². The molecule has 124 valence electrons. The van der Waals surface area contributed by atoms with Gasteiger partial charge < -0.3 is 15.2 Å². The maximum atomic E-state index is 14.2. The van der Waals surface area contributed by atoms with Gasteiger partial charge in [0.05, 0.1) is 17.4 Å². The number of hydrogen-bond donors (Lipinski definition) is 2. The van der Waals surface area contributed by atoms with E-state index >= 15 is 0 Å². The molecule has 1 aliphatic carbocycles. The zero-order valence-electron chi connectivity index (χ0n) is 12.4. The van der Waals surface area contributed by atoms with Crippen molar-refractivity contribution in [2.24, 2.45) is 11.8 Å². The third-order valence-electron chi connectivity index (χ3n) is 4.60. The van der Waals surface area contributed by atoms with E-state index in [-0.39, 0.29) is 5.56 Å². The van der Waals surface area contributed by atoms with Gasteiger partial charge in [0.1, 0.15) is 11.6 Å². The summed E-state index contributed by atoms with van der Waals surface area (Å²) in [5.74, 6) is -4.08. The van der Waals surface area contributed by atoms with E-state index in [4.69, 9.17) is 9.84 Å². The molecule has 1 aromatic rings. The highest BCUT2D eigenvalue weighted by Gasteiger charge is 2.50. The van der Waals surface area contributed by atoms with Crippen LogP contribution in [0.4, 0.5) is 8.78 Å². The third-order valence-corrected chi connectivity index (χ3v) is 4.60. The van der Waals surface area contributed by atoms with E-state index in [9.17, 15) is 18.4 Å². The monoisotopic (exact) mass is 325 g/mol. The fourth-order valence-electron chi connectivity index (χ4n) is 3.15. The molecule has 3 rings (SSSR count). The number of nitrogens with one attached hydrogen (secondary N) is 1. The van der Waals surface area contributed by atoms with Crippen LogP contribution in [0.1, 0.15) is 24.8 Å². The first-order valence-corrected chi connectivity index (χ1v) is 7.51. The van der Waals surface area contributed by atoms with E-state index in [0.717, 1.165) is 12.1 Å². The summed E-state index contributed by atoms with van der Waals surface area (Å²) < 4.78 is 32.7. The molecule has 23 heavy (non-hydrogen) atoms. The van der Waals surface area contributed by atoms with Crippen LogP contribution in [0.25, 0.3) is 0 Å². The number of ether oxygens (including phenoxy) is 1. The summed E-state index contributed by atoms with van der Waals surface area (Å²) in [7, 11) is 0. The van der Waals surface area contributed by atoms with E-state index < -0.39 is 40.9 Å². The Morgan fingerprint density at radius 3 is 2.48 bits per heavy atom. The summed E-state index contributed by atoms with van der Waals surface area (Å²) in [6.45, 7) is 0.675. The van der Waals surface area contributed by atoms with Crippen LogP contribution in [0, 0.1) is 23.5 Å². The lowest BCUT2D eigenvalue weighted by Gasteiger charge is -2.38. The number of carbonyl (C=O) groups is 2. The summed E-state index contributed by atoms with van der Waals surface area (Å²) in [5.41, 5.74) is -0.776. The SMILES string of the molecule is O=C(O)[C@@H]1C[C@H]1C(=O)NC1(c2ccc(F)cc2F)CCOCC1. The molecule has 0 spiro atoms. The molecule has 0 bridgehead atoms. The first-order chi connectivity index (χ1) is 10.9. The van der Waals surface area contributed by atoms with Crippen LogP contribution in [-0.4, -0.2) is 30.2 Å². The minimum absolute atomic E-state index is 0.211. The molecule has 2 N–H and O–H groups in total. The molecule has 5 nitrogen and oxygen atoms in total. The molecule has 1 saturated heterocycles. The topological polar surface area (TPSA) is 75.6 Å². The summed E-state index contributed by atoms with van der Waals surface area (Å²) in [5, 5.41) is 11.7. The number of carbonyl (C=O) groups excluding carboxylic acids is 1. The molecular weight excluding hydrogens is 308 g/mol. The lowest BCUT2D eigenvalue weighted by atomic mass is 9.82. The Labute approximate surface area is 131 Å². The molecule has 2 aliphatic rings. The first-order valence-electron chi connectivity index (χ1n) is 7.51. The summed E-state index contributed by atoms with van der Waals surface area (Å²) >= 11 is 0. The van der Waals surface area contributed by atoms with Crippen molar-refractivity contribution in [3.05, 3.63) is 35.4 Å². The van der Waals surface area contributed by atoms with Crippen molar-refractivity contribution in [2.75, 3.05) is 13.2 Å². The van der Waals surface area contributed by atoms with Crippen molar-refractivity contribution in [1.82, 2.24) is 5.32 Å². The highest BCUT2D eigenvalue weighted by Crippen LogP contribution is 2.41. The standard InChI is InChI=1S/C16H17F2NO4/c17-9-1-2-12(13(18)7-9)16(3-5-23-6-4-16)19-14(20)10-8-11(10)15(21)22/h1-2,7,10-11H,3-6,8H2,(H,19,20)(H,21,22)/t10-,11-/m1/s1. The van der Waals surface area contributed by atoms with E-state index in [0.29, 0.717) is 32.5 Å². The molecular formula is C16H17F2NO4. The molecule has 2 atom stereocenters. The van der Waals surface area contributed by atoms with Crippen molar-refractivity contribution >= 4 is 11.9 Å². The Kier molecular flexibility index (Phi) is 4.06. The smallest absolute Gasteiger partial charge is 0.307 e. The molecule has 1 amide bonds. The molecule has 1 saturated carbocycles. The van der Waals surface area contributed by atoms with Crippen molar-refractivity contribution in [3.8, 4) is 0 Å². The predicted molar refractivity (Wildman–Crippen MR) is 75.5 cm³/mol. The van der Waals surface area contributed by atoms with Gasteiger partial charge in [-0.3, -0.25) is 9.59 Å². The lowest BCUT2D eigenvalue weighted by molar-refractivity contribution is -0.140. The Balaban J connectivity index is 1.85. The molecule has 0 unspecified atom stereocenters. The zero-order valence-corrected chi connectivity index (χ0v) is 12.4. The van der Waals surface area contributed by atoms with Crippen molar-refractivity contribution in [2.45, 2.75) is 24.8 Å². The zero-order chi connectivity index (χ0) is 16.6. The second kappa shape index (κ2) is 5.88. The van der Waals surface area contributed by atoms with E-state index in [2.05, 4.69) is 5.32 Å². The van der Waals surface area contributed by atoms with Gasteiger partial charge in [-0.25, -0.2) is 8.78 Å². The number of hydrogen-bond acceptors (Lipinski definition) is 3. The van der Waals surface area contributed by atoms with Gasteiger partial charge in [0.2, 0.25) is 5.91 Å². The molecule has 0 aromatic heterocycles. The first kappa shape index (κ1) is 15.9. The number of halogens is 2. The van der Waals surface area contributed by atoms with E-state index in [1.807, 2.05) is 0 Å². The Bertz CT molecular complexity index is 643. The van der Waals surface area contributed by atoms with Crippen LogP contribution in [0.15, 0.2) is 18.2 Å². The van der Waals surface area contributed by atoms with E-state index in [1.165, 1.54) is 6.07 Å². The molecule has 7 heteroatoms. The van der Waals surface area contributed by atoms with E-state index in [1.54, 1.807) is 0 Å². The van der Waals surface area contributed by atoms with Gasteiger partial charge in [0.25, 0.3) is 0 Å². The van der Waals surface area contributed by atoms with Gasteiger partial charge in [-0.05, 0) is 25.3 Å². The molecule has 2 fully saturated rings. The Morgan fingerprint density at radius 2 is 1.91 bits per heavy atom. The molecule has 0 radical (unpaired) electrons. The maximum absolute atomic E-state index is 14.2. The van der Waals surface area contributed by atoms with Crippen LogP contribution in [0.2, 0.25) is 0 Å². The lowest BCUT2D eigenvalue weighted by Crippen LogP contribution is -2.50. The van der Waals surface area contributed by atoms with Crippen LogP contribution in [0.5, 0.6) is 0 Å². The Morgan fingerprint density at radius 1 is 1.22 bits per heavy atom. The maximum Gasteiger partial charge on any atom is 0.307 e. The molecule has 1 heterocycles. The molecule has 1 aromatic carbocycles. The summed E-state index contributed by atoms with van der Waals surface area (Å²) in [6, 6.07) is 3.27. The van der Waals surface area contributed by atoms with Gasteiger partial charge in [0, 0.05) is 24.8 Å². The number of amides is 1. The van der Waals surface area contributed by atoms with Gasteiger partial charge in [-0.1, -0.05) is 6.07 Å². The quantitative estimate of drug-likeness (QED) is 0.885. The number of carboxylic acid groups (broad SMARTS) is 1. The average molecular weight is 325 g/mol. The van der Waals surface area contributed by atoms with Crippen LogP contribution in [0.3, 0.4) is 0 Å². The largest absolute Gasteiger partial charge is 0.481 e. The number of aliphatic carboxylic acids is 1. The van der Waals surface area contributed by atoms with Crippen LogP contribution >= 0.6 is 0 Å². The highest BCUT2D eigenvalue weighted by molar-refractivity contribution is 5.90. The number of rotatable bonds is 4. The van der Waals surface area contributed by atoms with Crippen LogP contribution in [-0.2, 0) is 19.9 Å². The highest BCUT2D eigenvalue weighted by atomic mass is 19.1. The Hall–Kier alpha value is -2.02. The summed E-state index contributed by atoms with van der Waals surface area (Å²) in [6.07, 6.45) is 0.997. The van der Waals surface area contributed by atoms with Gasteiger partial charge in [0.15, 0.2) is 0 Å². The second-order valence-electron chi connectivity index (χ2n) is 6.09. The van der Waals surface area contributed by atoms with Crippen molar-refractivity contribution in [3.63, 3.8) is 0 Å². The van der Waals surface area contributed by atoms with Gasteiger partial charge in [-0.15, -0.1) is 0 Å². The minimum atomic E-state index is -1.00. The predicted octanol–water partition coefficient (Wildman–Crippen LogP) is 1.81. The fourth-order valence-corrected chi connectivity index (χ4v) is 3.15. The number of benzene rings is 1. The van der Waals surface area contributed by atoms with Gasteiger partial charge >= 0.3 is 5.97 Å². The van der Waals surface area contributed by atoms with Crippen molar-refractivity contribution in [1.29, 1.82) is 0 Å². The second-order valence-corrected chi connectivity index (χ2v) is 6.09. The third kappa shape index (κ3) is 3.06. The number of carboxylic acids is 1. The van der Waals surface area contributed by atoms with Crippen molar-refractivity contribution < 1.29 is 28.2 Å². The van der Waals surface area contributed by atoms with Gasteiger partial charge in [-0.2, -0.15) is 0 Å². The minimum Gasteiger partial charge on any atom is -0.481 e. The molecule has 1 aliphatic heterocycles. The summed E-state index contributed by atoms with van der Waals surface area (Å²) in [4.78, 5) is 23.2. The average Bonchev–Trinajstić information content (AvgIpc) is 3.28. The fraction of sp³-hybridized carbons (Fsp3) is 0.500. The normalized spacial score (nSPS) is 25.7.